The molecule has 0 fully saturated rings. The Morgan fingerprint density at radius 2 is 1.79 bits per heavy atom. The van der Waals surface area contributed by atoms with E-state index in [1.165, 1.54) is 0 Å². The maximum atomic E-state index is 10.7. The van der Waals surface area contributed by atoms with Crippen LogP contribution in [0.5, 0.6) is 0 Å². The molecule has 98 valence electrons. The van der Waals surface area contributed by atoms with Gasteiger partial charge in [0.25, 0.3) is 0 Å². The van der Waals surface area contributed by atoms with Gasteiger partial charge in [-0.05, 0) is 24.3 Å². The molecular formula is C13H8Cl3NO2. The number of halogens is 3. The molecule has 0 bridgehead atoms. The third-order valence-electron chi connectivity index (χ3n) is 2.40. The van der Waals surface area contributed by atoms with Gasteiger partial charge in [-0.1, -0.05) is 40.9 Å². The molecule has 0 saturated carbocycles. The molecule has 0 atom stereocenters. The van der Waals surface area contributed by atoms with Crippen LogP contribution in [0, 0.1) is 0 Å². The van der Waals surface area contributed by atoms with Gasteiger partial charge in [0.2, 0.25) is 0 Å². The number of benzene rings is 1. The maximum Gasteiger partial charge on any atom is 0.309 e. The van der Waals surface area contributed by atoms with Gasteiger partial charge in [-0.2, -0.15) is 0 Å². The third kappa shape index (κ3) is 3.38. The van der Waals surface area contributed by atoms with Crippen molar-refractivity contribution < 1.29 is 9.90 Å². The average Bonchev–Trinajstić information content (AvgIpc) is 2.26. The first kappa shape index (κ1) is 14.1. The van der Waals surface area contributed by atoms with Crippen LogP contribution in [0.25, 0.3) is 11.3 Å². The Hall–Kier alpha value is -1.29. The first-order valence-electron chi connectivity index (χ1n) is 5.30. The Morgan fingerprint density at radius 1 is 1.16 bits per heavy atom. The molecule has 0 spiro atoms. The number of carboxylic acids is 1. The molecule has 1 aromatic heterocycles. The number of aliphatic carboxylic acids is 1. The molecule has 0 amide bonds. The summed E-state index contributed by atoms with van der Waals surface area (Å²) in [4.78, 5) is 14.9. The van der Waals surface area contributed by atoms with Gasteiger partial charge in [-0.15, -0.1) is 0 Å². The van der Waals surface area contributed by atoms with Crippen molar-refractivity contribution in [3.8, 4) is 11.3 Å². The normalized spacial score (nSPS) is 10.5. The standard InChI is InChI=1S/C13H8Cl3NO2/c14-7-4-9(15)13(10(16)5-7)11-3-1-2-8(17-11)6-12(18)19/h1-5H,6H2,(H,18,19). The molecule has 19 heavy (non-hydrogen) atoms. The molecule has 2 rings (SSSR count). The summed E-state index contributed by atoms with van der Waals surface area (Å²) in [5, 5.41) is 9.94. The van der Waals surface area contributed by atoms with E-state index in [-0.39, 0.29) is 6.42 Å². The van der Waals surface area contributed by atoms with Crippen molar-refractivity contribution in [3.63, 3.8) is 0 Å². The topological polar surface area (TPSA) is 50.2 Å². The van der Waals surface area contributed by atoms with Crippen molar-refractivity contribution in [2.75, 3.05) is 0 Å². The van der Waals surface area contributed by atoms with Gasteiger partial charge in [0.15, 0.2) is 0 Å². The predicted octanol–water partition coefficient (Wildman–Crippen LogP) is 4.34. The smallest absolute Gasteiger partial charge is 0.309 e. The second-order valence-electron chi connectivity index (χ2n) is 3.83. The summed E-state index contributed by atoms with van der Waals surface area (Å²) >= 11 is 18.0. The first-order valence-corrected chi connectivity index (χ1v) is 6.43. The quantitative estimate of drug-likeness (QED) is 0.916. The minimum Gasteiger partial charge on any atom is -0.481 e. The van der Waals surface area contributed by atoms with Gasteiger partial charge < -0.3 is 5.11 Å². The van der Waals surface area contributed by atoms with Gasteiger partial charge in [0.1, 0.15) is 0 Å². The molecule has 1 heterocycles. The van der Waals surface area contributed by atoms with Crippen molar-refractivity contribution in [2.24, 2.45) is 0 Å². The SMILES string of the molecule is O=C(O)Cc1cccc(-c2c(Cl)cc(Cl)cc2Cl)n1. The Bertz CT molecular complexity index is 621. The van der Waals surface area contributed by atoms with Crippen LogP contribution < -0.4 is 0 Å². The van der Waals surface area contributed by atoms with E-state index in [4.69, 9.17) is 39.9 Å². The molecule has 3 nitrogen and oxygen atoms in total. The first-order chi connectivity index (χ1) is 8.97. The number of rotatable bonds is 3. The highest BCUT2D eigenvalue weighted by atomic mass is 35.5. The van der Waals surface area contributed by atoms with Crippen molar-refractivity contribution >= 4 is 40.8 Å². The van der Waals surface area contributed by atoms with Gasteiger partial charge in [-0.3, -0.25) is 9.78 Å². The molecule has 0 unspecified atom stereocenters. The second-order valence-corrected chi connectivity index (χ2v) is 5.08. The fourth-order valence-corrected chi connectivity index (χ4v) is 2.67. The zero-order valence-electron chi connectivity index (χ0n) is 9.53. The van der Waals surface area contributed by atoms with Crippen molar-refractivity contribution in [1.82, 2.24) is 4.98 Å². The summed E-state index contributed by atoms with van der Waals surface area (Å²) in [5.74, 6) is -0.946. The number of hydrogen-bond donors (Lipinski definition) is 1. The predicted molar refractivity (Wildman–Crippen MR) is 76.0 cm³/mol. The van der Waals surface area contributed by atoms with Crippen LogP contribution in [-0.4, -0.2) is 16.1 Å². The van der Waals surface area contributed by atoms with E-state index in [0.29, 0.717) is 32.0 Å². The number of carboxylic acid groups (broad SMARTS) is 1. The largest absolute Gasteiger partial charge is 0.481 e. The van der Waals surface area contributed by atoms with Crippen LogP contribution >= 0.6 is 34.8 Å². The highest BCUT2D eigenvalue weighted by Gasteiger charge is 2.12. The molecule has 0 aliphatic heterocycles. The molecule has 1 aromatic carbocycles. The van der Waals surface area contributed by atoms with Gasteiger partial charge in [0.05, 0.1) is 27.9 Å². The third-order valence-corrected chi connectivity index (χ3v) is 3.22. The summed E-state index contributed by atoms with van der Waals surface area (Å²) in [6.45, 7) is 0. The summed E-state index contributed by atoms with van der Waals surface area (Å²) in [5.41, 5.74) is 1.50. The number of carbonyl (C=O) groups is 1. The summed E-state index contributed by atoms with van der Waals surface area (Å²) in [6.07, 6.45) is -0.156. The summed E-state index contributed by atoms with van der Waals surface area (Å²) in [6, 6.07) is 8.19. The average molecular weight is 317 g/mol. The lowest BCUT2D eigenvalue weighted by Gasteiger charge is -2.08. The van der Waals surface area contributed by atoms with Gasteiger partial charge in [-0.25, -0.2) is 0 Å². The molecule has 6 heteroatoms. The zero-order chi connectivity index (χ0) is 14.0. The van der Waals surface area contributed by atoms with Crippen LogP contribution in [0.3, 0.4) is 0 Å². The Morgan fingerprint density at radius 3 is 2.37 bits per heavy atom. The van der Waals surface area contributed by atoms with E-state index in [2.05, 4.69) is 4.98 Å². The summed E-state index contributed by atoms with van der Waals surface area (Å²) in [7, 11) is 0. The molecule has 1 N–H and O–H groups in total. The molecule has 0 radical (unpaired) electrons. The van der Waals surface area contributed by atoms with Crippen molar-refractivity contribution in [2.45, 2.75) is 6.42 Å². The lowest BCUT2D eigenvalue weighted by atomic mass is 10.1. The maximum absolute atomic E-state index is 10.7. The molecule has 0 aliphatic carbocycles. The van der Waals surface area contributed by atoms with Gasteiger partial charge >= 0.3 is 5.97 Å². The van der Waals surface area contributed by atoms with E-state index < -0.39 is 5.97 Å². The number of pyridine rings is 1. The Kier molecular flexibility index (Phi) is 4.30. The van der Waals surface area contributed by atoms with E-state index >= 15 is 0 Å². The Balaban J connectivity index is 2.50. The fourth-order valence-electron chi connectivity index (χ4n) is 1.66. The minimum absolute atomic E-state index is 0.156. The van der Waals surface area contributed by atoms with Crippen molar-refractivity contribution in [1.29, 1.82) is 0 Å². The van der Waals surface area contributed by atoms with Crippen LogP contribution in [0.4, 0.5) is 0 Å². The van der Waals surface area contributed by atoms with E-state index in [1.54, 1.807) is 30.3 Å². The van der Waals surface area contributed by atoms with Crippen molar-refractivity contribution in [3.05, 3.63) is 51.1 Å². The minimum atomic E-state index is -0.946. The number of hydrogen-bond acceptors (Lipinski definition) is 2. The molecule has 2 aromatic rings. The Labute approximate surface area is 124 Å². The highest BCUT2D eigenvalue weighted by Crippen LogP contribution is 2.36. The van der Waals surface area contributed by atoms with E-state index in [9.17, 15) is 4.79 Å². The summed E-state index contributed by atoms with van der Waals surface area (Å²) < 4.78 is 0. The molecule has 0 aliphatic rings. The lowest BCUT2D eigenvalue weighted by molar-refractivity contribution is -0.136. The lowest BCUT2D eigenvalue weighted by Crippen LogP contribution is -2.02. The van der Waals surface area contributed by atoms with Crippen LogP contribution in [0.1, 0.15) is 5.69 Å². The van der Waals surface area contributed by atoms with Crippen LogP contribution in [0.15, 0.2) is 30.3 Å². The fraction of sp³-hybridized carbons (Fsp3) is 0.0769. The molecule has 0 saturated heterocycles. The monoisotopic (exact) mass is 315 g/mol. The number of nitrogens with zero attached hydrogens (tertiary/aromatic N) is 1. The van der Waals surface area contributed by atoms with Crippen LogP contribution in [-0.2, 0) is 11.2 Å². The van der Waals surface area contributed by atoms with E-state index in [1.807, 2.05) is 0 Å². The second kappa shape index (κ2) is 5.78. The highest BCUT2D eigenvalue weighted by molar-refractivity contribution is 6.41. The van der Waals surface area contributed by atoms with Crippen LogP contribution in [0.2, 0.25) is 15.1 Å². The van der Waals surface area contributed by atoms with Gasteiger partial charge in [0, 0.05) is 10.6 Å². The number of aromatic nitrogens is 1. The van der Waals surface area contributed by atoms with E-state index in [0.717, 1.165) is 0 Å². The zero-order valence-corrected chi connectivity index (χ0v) is 11.8. The molecular weight excluding hydrogens is 309 g/mol.